The Morgan fingerprint density at radius 2 is 2.15 bits per heavy atom. The van der Waals surface area contributed by atoms with Gasteiger partial charge in [0.1, 0.15) is 5.52 Å². The molecule has 1 saturated heterocycles. The van der Waals surface area contributed by atoms with Crippen LogP contribution in [0.25, 0.3) is 22.3 Å². The molecule has 0 saturated carbocycles. The van der Waals surface area contributed by atoms with Gasteiger partial charge in [-0.2, -0.15) is 0 Å². The van der Waals surface area contributed by atoms with E-state index in [2.05, 4.69) is 39.1 Å². The number of allylic oxidation sites excluding steroid dienone is 1. The Morgan fingerprint density at radius 3 is 2.89 bits per heavy atom. The van der Waals surface area contributed by atoms with E-state index < -0.39 is 0 Å². The van der Waals surface area contributed by atoms with Gasteiger partial charge in [0.15, 0.2) is 5.65 Å². The summed E-state index contributed by atoms with van der Waals surface area (Å²) in [6, 6.07) is 4.10. The zero-order valence-electron chi connectivity index (χ0n) is 15.8. The van der Waals surface area contributed by atoms with Crippen molar-refractivity contribution in [2.75, 3.05) is 13.1 Å². The average Bonchev–Trinajstić information content (AvgIpc) is 3.11. The van der Waals surface area contributed by atoms with Gasteiger partial charge in [0.25, 0.3) is 0 Å². The second kappa shape index (κ2) is 7.35. The lowest BCUT2D eigenvalue weighted by Gasteiger charge is -2.33. The first-order valence-corrected chi connectivity index (χ1v) is 9.46. The van der Waals surface area contributed by atoms with Crippen LogP contribution in [0.2, 0.25) is 0 Å². The quantitative estimate of drug-likeness (QED) is 0.691. The summed E-state index contributed by atoms with van der Waals surface area (Å²) in [6.07, 6.45) is 10.8. The number of piperidine rings is 1. The number of H-pyrrole nitrogens is 1. The van der Waals surface area contributed by atoms with Crippen molar-refractivity contribution < 1.29 is 0 Å². The van der Waals surface area contributed by atoms with Gasteiger partial charge in [-0.1, -0.05) is 13.2 Å². The van der Waals surface area contributed by atoms with E-state index in [1.807, 2.05) is 37.7 Å². The molecule has 5 heteroatoms. The second-order valence-corrected chi connectivity index (χ2v) is 7.28. The highest BCUT2D eigenvalue weighted by Gasteiger charge is 2.20. The van der Waals surface area contributed by atoms with Gasteiger partial charge in [-0.15, -0.1) is 0 Å². The number of pyridine rings is 1. The Labute approximate surface area is 159 Å². The maximum atomic E-state index is 4.94. The van der Waals surface area contributed by atoms with Crippen molar-refractivity contribution in [3.8, 4) is 11.1 Å². The number of aromatic nitrogens is 4. The third-order valence-electron chi connectivity index (χ3n) is 5.39. The van der Waals surface area contributed by atoms with Gasteiger partial charge in [-0.25, -0.2) is 9.97 Å². The average molecular weight is 359 g/mol. The molecule has 4 rings (SSSR count). The van der Waals surface area contributed by atoms with Crippen molar-refractivity contribution in [1.29, 1.82) is 0 Å². The van der Waals surface area contributed by atoms with E-state index in [-0.39, 0.29) is 0 Å². The van der Waals surface area contributed by atoms with Gasteiger partial charge in [0.05, 0.1) is 11.9 Å². The van der Waals surface area contributed by atoms with Crippen LogP contribution < -0.4 is 0 Å². The molecule has 27 heavy (non-hydrogen) atoms. The smallest absolute Gasteiger partial charge is 0.156 e. The van der Waals surface area contributed by atoms with E-state index in [0.29, 0.717) is 5.92 Å². The van der Waals surface area contributed by atoms with Gasteiger partial charge in [0.2, 0.25) is 0 Å². The van der Waals surface area contributed by atoms with Crippen molar-refractivity contribution >= 4 is 11.2 Å². The summed E-state index contributed by atoms with van der Waals surface area (Å²) in [5.41, 5.74) is 7.07. The molecule has 1 N–H and O–H groups in total. The van der Waals surface area contributed by atoms with Crippen molar-refractivity contribution in [3.63, 3.8) is 0 Å². The summed E-state index contributed by atoms with van der Waals surface area (Å²) in [4.78, 5) is 19.4. The molecule has 0 unspecified atom stereocenters. The van der Waals surface area contributed by atoms with Crippen LogP contribution in [0.15, 0.2) is 55.7 Å². The molecule has 0 radical (unpaired) electrons. The predicted octanol–water partition coefficient (Wildman–Crippen LogP) is 4.28. The minimum atomic E-state index is 0.635. The fourth-order valence-corrected chi connectivity index (χ4v) is 3.81. The normalized spacial score (nSPS) is 15.2. The maximum Gasteiger partial charge on any atom is 0.156 e. The van der Waals surface area contributed by atoms with Crippen LogP contribution in [0, 0.1) is 12.8 Å². The highest BCUT2D eigenvalue weighted by atomic mass is 15.1. The van der Waals surface area contributed by atoms with Crippen LogP contribution in [-0.2, 0) is 6.42 Å². The molecular formula is C22H25N5. The molecule has 1 aliphatic rings. The number of rotatable bonds is 5. The first-order chi connectivity index (χ1) is 13.1. The molecule has 0 atom stereocenters. The summed E-state index contributed by atoms with van der Waals surface area (Å²) >= 11 is 0. The van der Waals surface area contributed by atoms with Gasteiger partial charge >= 0.3 is 0 Å². The first kappa shape index (κ1) is 17.5. The molecular weight excluding hydrogens is 334 g/mol. The SMILES string of the molecule is C=CC(=C)N1CCC(Cc2cnc3[nH]cc(-c4ccnc(C)c4)c3n2)CC1. The minimum Gasteiger partial charge on any atom is -0.372 e. The van der Waals surface area contributed by atoms with Crippen LogP contribution in [0.5, 0.6) is 0 Å². The molecule has 3 aromatic rings. The Hall–Kier alpha value is -2.95. The number of hydrogen-bond acceptors (Lipinski definition) is 4. The molecule has 5 nitrogen and oxygen atoms in total. The Kier molecular flexibility index (Phi) is 4.75. The fraction of sp³-hybridized carbons (Fsp3) is 0.318. The number of hydrogen-bond donors (Lipinski definition) is 1. The highest BCUT2D eigenvalue weighted by molar-refractivity contribution is 5.90. The van der Waals surface area contributed by atoms with E-state index in [9.17, 15) is 0 Å². The number of nitrogens with one attached hydrogen (secondary N) is 1. The third kappa shape index (κ3) is 3.63. The number of fused-ring (bicyclic) bond motifs is 1. The van der Waals surface area contributed by atoms with Crippen molar-refractivity contribution in [2.45, 2.75) is 26.2 Å². The van der Waals surface area contributed by atoms with Crippen LogP contribution in [0.3, 0.4) is 0 Å². The fourth-order valence-electron chi connectivity index (χ4n) is 3.81. The van der Waals surface area contributed by atoms with E-state index in [0.717, 1.165) is 71.7 Å². The third-order valence-corrected chi connectivity index (χ3v) is 5.39. The number of aromatic amines is 1. The highest BCUT2D eigenvalue weighted by Crippen LogP contribution is 2.28. The molecule has 1 fully saturated rings. The van der Waals surface area contributed by atoms with E-state index in [1.165, 1.54) is 0 Å². The topological polar surface area (TPSA) is 57.7 Å². The zero-order chi connectivity index (χ0) is 18.8. The van der Waals surface area contributed by atoms with E-state index >= 15 is 0 Å². The van der Waals surface area contributed by atoms with Crippen molar-refractivity contribution in [1.82, 2.24) is 24.8 Å². The molecule has 4 heterocycles. The minimum absolute atomic E-state index is 0.635. The summed E-state index contributed by atoms with van der Waals surface area (Å²) in [7, 11) is 0. The Balaban J connectivity index is 1.53. The Bertz CT molecular complexity index is 979. The molecule has 0 amide bonds. The molecule has 0 spiro atoms. The van der Waals surface area contributed by atoms with Crippen LogP contribution in [0.4, 0.5) is 0 Å². The van der Waals surface area contributed by atoms with Gasteiger partial charge in [-0.3, -0.25) is 4.98 Å². The van der Waals surface area contributed by atoms with Crippen LogP contribution in [0.1, 0.15) is 24.2 Å². The standard InChI is InChI=1S/C22H25N5/c1-4-16(3)27-9-6-17(7-10-27)12-19-13-24-22-21(26-19)20(14-25-22)18-5-8-23-15(2)11-18/h4-5,8,11,13-14,17H,1,3,6-7,9-10,12H2,2H3,(H,24,25). The van der Waals surface area contributed by atoms with Crippen LogP contribution in [-0.4, -0.2) is 37.9 Å². The predicted molar refractivity (Wildman–Crippen MR) is 109 cm³/mol. The number of likely N-dealkylation sites (tertiary alicyclic amines) is 1. The first-order valence-electron chi connectivity index (χ1n) is 9.46. The summed E-state index contributed by atoms with van der Waals surface area (Å²) in [5.74, 6) is 0.635. The molecule has 0 aliphatic carbocycles. The van der Waals surface area contributed by atoms with E-state index in [1.54, 1.807) is 0 Å². The molecule has 138 valence electrons. The zero-order valence-corrected chi connectivity index (χ0v) is 15.8. The van der Waals surface area contributed by atoms with Crippen LogP contribution >= 0.6 is 0 Å². The summed E-state index contributed by atoms with van der Waals surface area (Å²) in [5, 5.41) is 0. The lowest BCUT2D eigenvalue weighted by molar-refractivity contribution is 0.231. The Morgan fingerprint density at radius 1 is 1.33 bits per heavy atom. The molecule has 0 aromatic carbocycles. The van der Waals surface area contributed by atoms with Crippen molar-refractivity contribution in [2.24, 2.45) is 5.92 Å². The van der Waals surface area contributed by atoms with Crippen molar-refractivity contribution in [3.05, 3.63) is 67.0 Å². The van der Waals surface area contributed by atoms with Gasteiger partial charge in [0, 0.05) is 42.4 Å². The number of nitrogens with zero attached hydrogens (tertiary/aromatic N) is 4. The molecule has 3 aromatic heterocycles. The van der Waals surface area contributed by atoms with Gasteiger partial charge in [-0.05, 0) is 55.9 Å². The summed E-state index contributed by atoms with van der Waals surface area (Å²) in [6.45, 7) is 12.0. The summed E-state index contributed by atoms with van der Waals surface area (Å²) < 4.78 is 0. The molecule has 0 bridgehead atoms. The lowest BCUT2D eigenvalue weighted by atomic mass is 9.92. The van der Waals surface area contributed by atoms with Gasteiger partial charge < -0.3 is 9.88 Å². The van der Waals surface area contributed by atoms with E-state index in [4.69, 9.17) is 4.98 Å². The number of aryl methyl sites for hydroxylation is 1. The largest absolute Gasteiger partial charge is 0.372 e. The monoisotopic (exact) mass is 359 g/mol. The maximum absolute atomic E-state index is 4.94. The molecule has 1 aliphatic heterocycles. The second-order valence-electron chi connectivity index (χ2n) is 7.28. The lowest BCUT2D eigenvalue weighted by Crippen LogP contribution is -2.33.